The number of aryl methyl sites for hydroxylation is 2. The zero-order valence-electron chi connectivity index (χ0n) is 13.7. The number of carbonyl (C=O) groups is 2. The van der Waals surface area contributed by atoms with E-state index < -0.39 is 6.04 Å². The van der Waals surface area contributed by atoms with Crippen LogP contribution in [0.4, 0.5) is 0 Å². The Hall–Kier alpha value is -1.50. The molecule has 1 saturated heterocycles. The van der Waals surface area contributed by atoms with Crippen LogP contribution >= 0.6 is 11.8 Å². The highest BCUT2D eigenvalue weighted by molar-refractivity contribution is 7.99. The maximum atomic E-state index is 12.6. The van der Waals surface area contributed by atoms with Gasteiger partial charge in [-0.25, -0.2) is 0 Å². The van der Waals surface area contributed by atoms with Crippen LogP contribution in [0.2, 0.25) is 0 Å². The Morgan fingerprint density at radius 2 is 2.09 bits per heavy atom. The van der Waals surface area contributed by atoms with Crippen LogP contribution in [0.3, 0.4) is 0 Å². The standard InChI is InChI=1S/C15H23N3O3S/c1-9-11(10(2)21-17-9)6-13(19)18-8-22-7-12(18)14(20)16-15(3,4)5/h12H,6-8H2,1-5H3,(H,16,20). The van der Waals surface area contributed by atoms with E-state index in [-0.39, 0.29) is 23.8 Å². The minimum absolute atomic E-state index is 0.0616. The summed E-state index contributed by atoms with van der Waals surface area (Å²) in [7, 11) is 0. The highest BCUT2D eigenvalue weighted by Crippen LogP contribution is 2.24. The lowest BCUT2D eigenvalue weighted by Gasteiger charge is -2.27. The molecule has 2 amide bonds. The zero-order valence-corrected chi connectivity index (χ0v) is 14.5. The number of thioether (sulfide) groups is 1. The van der Waals surface area contributed by atoms with Gasteiger partial charge in [-0.1, -0.05) is 5.16 Å². The Morgan fingerprint density at radius 3 is 2.64 bits per heavy atom. The summed E-state index contributed by atoms with van der Waals surface area (Å²) in [5, 5.41) is 6.82. The molecule has 2 heterocycles. The molecule has 1 unspecified atom stereocenters. The summed E-state index contributed by atoms with van der Waals surface area (Å²) in [5.41, 5.74) is 1.24. The summed E-state index contributed by atoms with van der Waals surface area (Å²) in [6.45, 7) is 9.42. The van der Waals surface area contributed by atoms with Crippen molar-refractivity contribution in [3.05, 3.63) is 17.0 Å². The van der Waals surface area contributed by atoms with Crippen LogP contribution in [0, 0.1) is 13.8 Å². The molecule has 0 aliphatic carbocycles. The lowest BCUT2D eigenvalue weighted by atomic mass is 10.1. The number of rotatable bonds is 3. The number of carbonyl (C=O) groups excluding carboxylic acids is 2. The molecule has 1 aromatic rings. The van der Waals surface area contributed by atoms with Gasteiger partial charge in [-0.3, -0.25) is 9.59 Å². The summed E-state index contributed by atoms with van der Waals surface area (Å²) in [6, 6.07) is -0.405. The van der Waals surface area contributed by atoms with E-state index >= 15 is 0 Å². The molecule has 1 N–H and O–H groups in total. The van der Waals surface area contributed by atoms with E-state index in [1.807, 2.05) is 27.7 Å². The van der Waals surface area contributed by atoms with Gasteiger partial charge in [0.1, 0.15) is 11.8 Å². The molecule has 6 nitrogen and oxygen atoms in total. The summed E-state index contributed by atoms with van der Waals surface area (Å²) >= 11 is 1.60. The van der Waals surface area contributed by atoms with Gasteiger partial charge in [0, 0.05) is 16.9 Å². The normalized spacial score (nSPS) is 18.6. The average molecular weight is 325 g/mol. The Morgan fingerprint density at radius 1 is 1.41 bits per heavy atom. The second-order valence-corrected chi connectivity index (χ2v) is 7.60. The Balaban J connectivity index is 2.07. The van der Waals surface area contributed by atoms with Gasteiger partial charge in [-0.05, 0) is 34.6 Å². The molecule has 7 heteroatoms. The third-order valence-corrected chi connectivity index (χ3v) is 4.52. The van der Waals surface area contributed by atoms with Crippen LogP contribution in [0.15, 0.2) is 4.52 Å². The van der Waals surface area contributed by atoms with Gasteiger partial charge in [0.2, 0.25) is 11.8 Å². The van der Waals surface area contributed by atoms with E-state index in [1.54, 1.807) is 23.6 Å². The van der Waals surface area contributed by atoms with E-state index in [9.17, 15) is 9.59 Å². The summed E-state index contributed by atoms with van der Waals surface area (Å²) in [4.78, 5) is 26.6. The van der Waals surface area contributed by atoms with Crippen LogP contribution in [-0.4, -0.2) is 45.1 Å². The third kappa shape index (κ3) is 3.82. The van der Waals surface area contributed by atoms with Crippen molar-refractivity contribution in [3.8, 4) is 0 Å². The summed E-state index contributed by atoms with van der Waals surface area (Å²) < 4.78 is 5.09. The van der Waals surface area contributed by atoms with Gasteiger partial charge in [0.25, 0.3) is 0 Å². The average Bonchev–Trinajstić information content (AvgIpc) is 2.98. The molecule has 1 atom stereocenters. The molecule has 0 spiro atoms. The fourth-order valence-electron chi connectivity index (χ4n) is 2.37. The van der Waals surface area contributed by atoms with E-state index in [4.69, 9.17) is 4.52 Å². The van der Waals surface area contributed by atoms with Crippen molar-refractivity contribution in [2.75, 3.05) is 11.6 Å². The number of hydrogen-bond donors (Lipinski definition) is 1. The molecule has 1 fully saturated rings. The van der Waals surface area contributed by atoms with Crippen LogP contribution in [0.5, 0.6) is 0 Å². The van der Waals surface area contributed by atoms with Gasteiger partial charge in [0.15, 0.2) is 0 Å². The maximum Gasteiger partial charge on any atom is 0.244 e. The number of amides is 2. The number of aromatic nitrogens is 1. The zero-order chi connectivity index (χ0) is 16.5. The third-order valence-electron chi connectivity index (χ3n) is 3.51. The SMILES string of the molecule is Cc1noc(C)c1CC(=O)N1CSCC1C(=O)NC(C)(C)C. The predicted molar refractivity (Wildman–Crippen MR) is 85.5 cm³/mol. The molecule has 1 aliphatic heterocycles. The summed E-state index contributed by atoms with van der Waals surface area (Å²) in [6.07, 6.45) is 0.223. The highest BCUT2D eigenvalue weighted by atomic mass is 32.2. The van der Waals surface area contributed by atoms with Crippen LogP contribution in [-0.2, 0) is 16.0 Å². The van der Waals surface area contributed by atoms with Crippen molar-refractivity contribution in [1.82, 2.24) is 15.4 Å². The lowest BCUT2D eigenvalue weighted by molar-refractivity contribution is -0.138. The number of nitrogens with zero attached hydrogens (tertiary/aromatic N) is 2. The van der Waals surface area contributed by atoms with Gasteiger partial charge in [-0.15, -0.1) is 11.8 Å². The van der Waals surface area contributed by atoms with E-state index in [1.165, 1.54) is 0 Å². The first-order valence-corrected chi connectivity index (χ1v) is 8.45. The Labute approximate surface area is 135 Å². The van der Waals surface area contributed by atoms with Crippen LogP contribution < -0.4 is 5.32 Å². The van der Waals surface area contributed by atoms with Crippen molar-refractivity contribution in [1.29, 1.82) is 0 Å². The lowest BCUT2D eigenvalue weighted by Crippen LogP contribution is -2.52. The molecule has 1 aliphatic rings. The smallest absolute Gasteiger partial charge is 0.244 e. The first-order valence-electron chi connectivity index (χ1n) is 7.30. The largest absolute Gasteiger partial charge is 0.361 e. The first-order chi connectivity index (χ1) is 10.2. The van der Waals surface area contributed by atoms with E-state index in [0.29, 0.717) is 17.4 Å². The molecule has 0 bridgehead atoms. The van der Waals surface area contributed by atoms with Crippen molar-refractivity contribution < 1.29 is 14.1 Å². The van der Waals surface area contributed by atoms with Crippen molar-refractivity contribution in [2.24, 2.45) is 0 Å². The van der Waals surface area contributed by atoms with Gasteiger partial charge in [0.05, 0.1) is 18.0 Å². The molecule has 0 saturated carbocycles. The molecule has 0 aromatic carbocycles. The van der Waals surface area contributed by atoms with E-state index in [0.717, 1.165) is 11.3 Å². The van der Waals surface area contributed by atoms with Crippen LogP contribution in [0.25, 0.3) is 0 Å². The van der Waals surface area contributed by atoms with E-state index in [2.05, 4.69) is 10.5 Å². The minimum atomic E-state index is -0.405. The molecule has 1 aromatic heterocycles. The first kappa shape index (κ1) is 16.9. The fourth-order valence-corrected chi connectivity index (χ4v) is 3.55. The fraction of sp³-hybridized carbons (Fsp3) is 0.667. The molecule has 122 valence electrons. The quantitative estimate of drug-likeness (QED) is 0.914. The number of hydrogen-bond acceptors (Lipinski definition) is 5. The van der Waals surface area contributed by atoms with Crippen molar-refractivity contribution in [2.45, 2.75) is 52.6 Å². The van der Waals surface area contributed by atoms with Crippen LogP contribution in [0.1, 0.15) is 37.8 Å². The van der Waals surface area contributed by atoms with Gasteiger partial charge >= 0.3 is 0 Å². The second kappa shape index (κ2) is 6.32. The topological polar surface area (TPSA) is 75.4 Å². The Bertz CT molecular complexity index is 558. The molecule has 2 rings (SSSR count). The predicted octanol–water partition coefficient (Wildman–Crippen LogP) is 1.65. The molecule has 22 heavy (non-hydrogen) atoms. The highest BCUT2D eigenvalue weighted by Gasteiger charge is 2.36. The molecule has 0 radical (unpaired) electrons. The molecular weight excluding hydrogens is 302 g/mol. The maximum absolute atomic E-state index is 12.6. The minimum Gasteiger partial charge on any atom is -0.361 e. The van der Waals surface area contributed by atoms with Crippen molar-refractivity contribution >= 4 is 23.6 Å². The second-order valence-electron chi connectivity index (χ2n) is 6.60. The summed E-state index contributed by atoms with van der Waals surface area (Å²) in [5.74, 6) is 1.69. The number of nitrogens with one attached hydrogen (secondary N) is 1. The van der Waals surface area contributed by atoms with Crippen molar-refractivity contribution in [3.63, 3.8) is 0 Å². The molecular formula is C15H23N3O3S. The van der Waals surface area contributed by atoms with Gasteiger partial charge in [-0.2, -0.15) is 0 Å². The monoisotopic (exact) mass is 325 g/mol. The Kier molecular flexibility index (Phi) is 4.84. The van der Waals surface area contributed by atoms with Gasteiger partial charge < -0.3 is 14.7 Å².